The predicted molar refractivity (Wildman–Crippen MR) is 64.4 cm³/mol. The molecule has 0 unspecified atom stereocenters. The normalized spacial score (nSPS) is 22.1. The molecule has 0 spiro atoms. The van der Waals surface area contributed by atoms with Gasteiger partial charge in [-0.2, -0.15) is 0 Å². The second-order valence-corrected chi connectivity index (χ2v) is 6.07. The first-order valence-corrected chi connectivity index (χ1v) is 5.76. The van der Waals surface area contributed by atoms with Gasteiger partial charge in [0, 0.05) is 20.3 Å². The Balaban J connectivity index is 2.97. The third-order valence-electron chi connectivity index (χ3n) is 2.88. The lowest BCUT2D eigenvalue weighted by molar-refractivity contribution is -0.259. The van der Waals surface area contributed by atoms with Crippen LogP contribution in [-0.2, 0) is 19.1 Å². The molecule has 0 atom stereocenters. The molecule has 0 aromatic heterocycles. The molecule has 0 radical (unpaired) electrons. The molecule has 5 nitrogen and oxygen atoms in total. The number of cyclic esters (lactones) is 2. The van der Waals surface area contributed by atoms with Gasteiger partial charge in [0.05, 0.1) is 0 Å². The van der Waals surface area contributed by atoms with E-state index in [1.54, 1.807) is 0 Å². The summed E-state index contributed by atoms with van der Waals surface area (Å²) in [7, 11) is 0. The van der Waals surface area contributed by atoms with Crippen molar-refractivity contribution in [3.8, 4) is 0 Å². The van der Waals surface area contributed by atoms with Gasteiger partial charge in [-0.3, -0.25) is 0 Å². The number of aliphatic hydroxyl groups is 1. The highest BCUT2D eigenvalue weighted by Crippen LogP contribution is 2.35. The van der Waals surface area contributed by atoms with Gasteiger partial charge in [-0.05, 0) is 5.41 Å². The molecule has 1 fully saturated rings. The Morgan fingerprint density at radius 2 is 1.61 bits per heavy atom. The van der Waals surface area contributed by atoms with Crippen LogP contribution in [-0.4, -0.2) is 28.4 Å². The molecule has 1 saturated heterocycles. The van der Waals surface area contributed by atoms with Gasteiger partial charge in [-0.25, -0.2) is 9.59 Å². The Morgan fingerprint density at radius 3 is 1.94 bits per heavy atom. The minimum atomic E-state index is -2.29. The van der Waals surface area contributed by atoms with Gasteiger partial charge in [0.2, 0.25) is 0 Å². The molecule has 0 aromatic carbocycles. The van der Waals surface area contributed by atoms with Crippen molar-refractivity contribution in [2.45, 2.75) is 52.4 Å². The third kappa shape index (κ3) is 2.72. The summed E-state index contributed by atoms with van der Waals surface area (Å²) in [5, 5.41) is 10.2. The second-order valence-electron chi connectivity index (χ2n) is 6.07. The molecular weight excluding hydrogens is 236 g/mol. The van der Waals surface area contributed by atoms with E-state index in [2.05, 4.69) is 6.58 Å². The fourth-order valence-corrected chi connectivity index (χ4v) is 1.44. The number of esters is 2. The highest BCUT2D eigenvalue weighted by Gasteiger charge is 2.55. The van der Waals surface area contributed by atoms with Crippen LogP contribution in [0.4, 0.5) is 0 Å². The van der Waals surface area contributed by atoms with E-state index in [4.69, 9.17) is 9.47 Å². The summed E-state index contributed by atoms with van der Waals surface area (Å²) in [5.41, 5.74) is -2.05. The molecule has 0 bridgehead atoms. The lowest BCUT2D eigenvalue weighted by atomic mass is 9.80. The molecule has 0 aromatic rings. The van der Waals surface area contributed by atoms with E-state index in [1.165, 1.54) is 13.8 Å². The summed E-state index contributed by atoms with van der Waals surface area (Å²) >= 11 is 0. The van der Waals surface area contributed by atoms with Crippen LogP contribution in [0.2, 0.25) is 0 Å². The van der Waals surface area contributed by atoms with Crippen LogP contribution in [0.3, 0.4) is 0 Å². The SMILES string of the molecule is C=C(CC1(O)C(=O)OC(C)(C)OC1=O)C(C)(C)C. The van der Waals surface area contributed by atoms with Gasteiger partial charge in [0.15, 0.2) is 0 Å². The lowest BCUT2D eigenvalue weighted by Crippen LogP contribution is -2.59. The zero-order valence-corrected chi connectivity index (χ0v) is 11.5. The van der Waals surface area contributed by atoms with Gasteiger partial charge in [0.25, 0.3) is 11.4 Å². The summed E-state index contributed by atoms with van der Waals surface area (Å²) in [6, 6.07) is 0. The molecular formula is C13H20O5. The van der Waals surface area contributed by atoms with E-state index >= 15 is 0 Å². The molecule has 0 aliphatic carbocycles. The van der Waals surface area contributed by atoms with Crippen LogP contribution in [0.1, 0.15) is 41.0 Å². The largest absolute Gasteiger partial charge is 0.421 e. The summed E-state index contributed by atoms with van der Waals surface area (Å²) in [6.07, 6.45) is -0.204. The number of carbonyl (C=O) groups excluding carboxylic acids is 2. The number of carbonyl (C=O) groups is 2. The maximum absolute atomic E-state index is 11.8. The zero-order valence-electron chi connectivity index (χ0n) is 11.5. The van der Waals surface area contributed by atoms with Crippen LogP contribution >= 0.6 is 0 Å². The first kappa shape index (κ1) is 14.7. The number of hydrogen-bond acceptors (Lipinski definition) is 5. The van der Waals surface area contributed by atoms with Gasteiger partial charge >= 0.3 is 11.9 Å². The molecule has 1 heterocycles. The zero-order chi connectivity index (χ0) is 14.4. The van der Waals surface area contributed by atoms with Crippen molar-refractivity contribution in [2.75, 3.05) is 0 Å². The fraction of sp³-hybridized carbons (Fsp3) is 0.692. The average molecular weight is 256 g/mol. The maximum atomic E-state index is 11.8. The molecule has 1 aliphatic heterocycles. The first-order valence-electron chi connectivity index (χ1n) is 5.76. The fourth-order valence-electron chi connectivity index (χ4n) is 1.44. The van der Waals surface area contributed by atoms with Crippen molar-refractivity contribution in [1.82, 2.24) is 0 Å². The predicted octanol–water partition coefficient (Wildman–Crippen LogP) is 1.55. The Kier molecular flexibility index (Phi) is 3.34. The van der Waals surface area contributed by atoms with Crippen LogP contribution in [0.25, 0.3) is 0 Å². The number of ether oxygens (including phenoxy) is 2. The molecule has 5 heteroatoms. The topological polar surface area (TPSA) is 72.8 Å². The van der Waals surface area contributed by atoms with Crippen LogP contribution < -0.4 is 0 Å². The molecule has 1 rings (SSSR count). The van der Waals surface area contributed by atoms with Gasteiger partial charge in [0.1, 0.15) is 0 Å². The number of hydrogen-bond donors (Lipinski definition) is 1. The molecule has 0 saturated carbocycles. The maximum Gasteiger partial charge on any atom is 0.353 e. The molecule has 1 N–H and O–H groups in total. The smallest absolute Gasteiger partial charge is 0.353 e. The van der Waals surface area contributed by atoms with E-state index in [-0.39, 0.29) is 11.8 Å². The van der Waals surface area contributed by atoms with Gasteiger partial charge < -0.3 is 14.6 Å². The lowest BCUT2D eigenvalue weighted by Gasteiger charge is -2.38. The van der Waals surface area contributed by atoms with Crippen molar-refractivity contribution in [2.24, 2.45) is 5.41 Å². The Morgan fingerprint density at radius 1 is 1.22 bits per heavy atom. The van der Waals surface area contributed by atoms with Crippen LogP contribution in [0.15, 0.2) is 12.2 Å². The van der Waals surface area contributed by atoms with Crippen molar-refractivity contribution in [3.05, 3.63) is 12.2 Å². The summed E-state index contributed by atoms with van der Waals surface area (Å²) in [5.74, 6) is -3.33. The summed E-state index contributed by atoms with van der Waals surface area (Å²) in [6.45, 7) is 12.3. The van der Waals surface area contributed by atoms with E-state index in [0.717, 1.165) is 0 Å². The Bertz CT molecular complexity index is 380. The van der Waals surface area contributed by atoms with Crippen LogP contribution in [0, 0.1) is 5.41 Å². The summed E-state index contributed by atoms with van der Waals surface area (Å²) in [4.78, 5) is 23.6. The first-order chi connectivity index (χ1) is 7.88. The van der Waals surface area contributed by atoms with Gasteiger partial charge in [-0.15, -0.1) is 0 Å². The number of rotatable bonds is 2. The molecule has 1 aliphatic rings. The van der Waals surface area contributed by atoms with E-state index in [1.807, 2.05) is 20.8 Å². The van der Waals surface area contributed by atoms with Crippen molar-refractivity contribution in [3.63, 3.8) is 0 Å². The van der Waals surface area contributed by atoms with Crippen LogP contribution in [0.5, 0.6) is 0 Å². The van der Waals surface area contributed by atoms with E-state index < -0.39 is 23.3 Å². The monoisotopic (exact) mass is 256 g/mol. The minimum Gasteiger partial charge on any atom is -0.421 e. The minimum absolute atomic E-state index is 0.204. The van der Waals surface area contributed by atoms with E-state index in [9.17, 15) is 14.7 Å². The van der Waals surface area contributed by atoms with E-state index in [0.29, 0.717) is 5.57 Å². The standard InChI is InChI=1S/C13H20O5/c1-8(11(2,3)4)7-13(16)9(14)17-12(5,6)18-10(13)15/h16H,1,7H2,2-6H3. The van der Waals surface area contributed by atoms with Crippen molar-refractivity contribution < 1.29 is 24.2 Å². The Hall–Kier alpha value is -1.36. The molecule has 18 heavy (non-hydrogen) atoms. The second kappa shape index (κ2) is 4.09. The van der Waals surface area contributed by atoms with Crippen molar-refractivity contribution in [1.29, 1.82) is 0 Å². The van der Waals surface area contributed by atoms with Crippen molar-refractivity contribution >= 4 is 11.9 Å². The Labute approximate surface area is 107 Å². The molecule has 102 valence electrons. The highest BCUT2D eigenvalue weighted by molar-refractivity contribution is 6.05. The quantitative estimate of drug-likeness (QED) is 0.461. The summed E-state index contributed by atoms with van der Waals surface area (Å²) < 4.78 is 9.80. The molecule has 0 amide bonds. The average Bonchev–Trinajstić information content (AvgIpc) is 2.11. The van der Waals surface area contributed by atoms with Gasteiger partial charge in [-0.1, -0.05) is 32.9 Å². The highest BCUT2D eigenvalue weighted by atomic mass is 16.8. The third-order valence-corrected chi connectivity index (χ3v) is 2.88.